The molecule has 1 atom stereocenters. The molecule has 0 aliphatic carbocycles. The van der Waals surface area contributed by atoms with Crippen LogP contribution in [0, 0.1) is 0 Å². The number of allylic oxidation sites excluding steroid dienone is 2. The van der Waals surface area contributed by atoms with Gasteiger partial charge in [0, 0.05) is 49.0 Å². The van der Waals surface area contributed by atoms with E-state index in [0.29, 0.717) is 42.5 Å². The minimum atomic E-state index is -4.56. The molecule has 184 valence electrons. The minimum absolute atomic E-state index is 0.0460. The average Bonchev–Trinajstić information content (AvgIpc) is 2.76. The minimum Gasteiger partial charge on any atom is -0.374 e. The summed E-state index contributed by atoms with van der Waals surface area (Å²) in [6.45, 7) is 8.91. The lowest BCUT2D eigenvalue weighted by Gasteiger charge is -2.30. The van der Waals surface area contributed by atoms with E-state index in [1.807, 2.05) is 4.90 Å². The largest absolute Gasteiger partial charge is 0.412 e. The fourth-order valence-corrected chi connectivity index (χ4v) is 4.55. The van der Waals surface area contributed by atoms with Crippen LogP contribution in [0.15, 0.2) is 58.7 Å². The number of alkyl halides is 3. The summed E-state index contributed by atoms with van der Waals surface area (Å²) in [4.78, 5) is 1.95. The first-order valence-corrected chi connectivity index (χ1v) is 12.4. The Bertz CT molecular complexity index is 1020. The van der Waals surface area contributed by atoms with Crippen LogP contribution < -0.4 is 10.6 Å². The van der Waals surface area contributed by atoms with Crippen molar-refractivity contribution in [1.29, 1.82) is 0 Å². The number of aliphatic hydroxyl groups excluding tert-OH is 1. The fraction of sp³-hybridized carbons (Fsp3) is 0.455. The second-order valence-electron chi connectivity index (χ2n) is 7.64. The first-order valence-electron chi connectivity index (χ1n) is 10.4. The zero-order valence-electron chi connectivity index (χ0n) is 18.5. The Labute approximate surface area is 197 Å². The van der Waals surface area contributed by atoms with Gasteiger partial charge in [-0.3, -0.25) is 5.32 Å². The van der Waals surface area contributed by atoms with Crippen LogP contribution in [0.1, 0.15) is 19.4 Å². The lowest BCUT2D eigenvalue weighted by molar-refractivity contribution is -0.0914. The number of hydrogen-bond donors (Lipinski definition) is 3. The first-order chi connectivity index (χ1) is 15.3. The summed E-state index contributed by atoms with van der Waals surface area (Å²) in [5, 5.41) is 16.9. The van der Waals surface area contributed by atoms with Crippen LogP contribution in [0.4, 0.5) is 13.2 Å². The third kappa shape index (κ3) is 7.86. The molecule has 1 aliphatic heterocycles. The lowest BCUT2D eigenvalue weighted by atomic mass is 10.1. The highest BCUT2D eigenvalue weighted by Crippen LogP contribution is 2.27. The van der Waals surface area contributed by atoms with Crippen molar-refractivity contribution in [2.24, 2.45) is 0 Å². The third-order valence-corrected chi connectivity index (χ3v) is 7.29. The summed E-state index contributed by atoms with van der Waals surface area (Å²) in [5.41, 5.74) is -0.161. The summed E-state index contributed by atoms with van der Waals surface area (Å²) in [5.74, 6) is -0.132. The van der Waals surface area contributed by atoms with Gasteiger partial charge in [-0.1, -0.05) is 25.1 Å². The second-order valence-corrected chi connectivity index (χ2v) is 10.3. The third-order valence-electron chi connectivity index (χ3n) is 5.23. The number of rotatable bonds is 9. The van der Waals surface area contributed by atoms with E-state index in [9.17, 15) is 26.7 Å². The van der Waals surface area contributed by atoms with Gasteiger partial charge in [-0.25, -0.2) is 8.42 Å². The Morgan fingerprint density at radius 1 is 1.33 bits per heavy atom. The zero-order valence-corrected chi connectivity index (χ0v) is 20.1. The summed E-state index contributed by atoms with van der Waals surface area (Å²) in [6.07, 6.45) is -3.82. The smallest absolute Gasteiger partial charge is 0.374 e. The van der Waals surface area contributed by atoms with Crippen molar-refractivity contribution < 1.29 is 26.7 Å². The maximum atomic E-state index is 13.2. The normalized spacial score (nSPS) is 17.2. The molecule has 33 heavy (non-hydrogen) atoms. The maximum absolute atomic E-state index is 13.2. The Hall–Kier alpha value is -1.85. The van der Waals surface area contributed by atoms with Gasteiger partial charge in [0.05, 0.1) is 10.6 Å². The molecule has 1 saturated heterocycles. The molecule has 0 bridgehead atoms. The van der Waals surface area contributed by atoms with Crippen molar-refractivity contribution in [2.45, 2.75) is 37.7 Å². The van der Waals surface area contributed by atoms with Gasteiger partial charge in [-0.2, -0.15) is 13.2 Å². The van der Waals surface area contributed by atoms with E-state index in [0.717, 1.165) is 13.0 Å². The van der Waals surface area contributed by atoms with Gasteiger partial charge >= 0.3 is 6.18 Å². The highest BCUT2D eigenvalue weighted by Gasteiger charge is 2.30. The molecule has 1 aromatic rings. The molecule has 1 aromatic carbocycles. The maximum Gasteiger partial charge on any atom is 0.412 e. The van der Waals surface area contributed by atoms with Crippen LogP contribution in [0.3, 0.4) is 0 Å². The van der Waals surface area contributed by atoms with Crippen molar-refractivity contribution in [3.63, 3.8) is 0 Å². The monoisotopic (exact) mass is 507 g/mol. The van der Waals surface area contributed by atoms with Gasteiger partial charge in [0.15, 0.2) is 9.84 Å². The summed E-state index contributed by atoms with van der Waals surface area (Å²) in [6, 6.07) is 4.27. The molecular weight excluding hydrogens is 479 g/mol. The number of piperazine rings is 1. The molecule has 1 heterocycles. The van der Waals surface area contributed by atoms with Gasteiger partial charge in [0.25, 0.3) is 0 Å². The van der Waals surface area contributed by atoms with E-state index < -0.39 is 27.8 Å². The van der Waals surface area contributed by atoms with E-state index in [1.54, 1.807) is 0 Å². The Morgan fingerprint density at radius 2 is 1.97 bits per heavy atom. The van der Waals surface area contributed by atoms with Crippen LogP contribution in [-0.2, 0) is 16.4 Å². The molecule has 0 saturated carbocycles. The first kappa shape index (κ1) is 27.4. The van der Waals surface area contributed by atoms with Crippen LogP contribution in [0.2, 0.25) is 5.02 Å². The number of nitrogens with zero attached hydrogens (tertiary/aromatic N) is 1. The van der Waals surface area contributed by atoms with Crippen molar-refractivity contribution in [3.05, 3.63) is 64.4 Å². The highest BCUT2D eigenvalue weighted by molar-refractivity contribution is 7.91. The molecule has 0 amide bonds. The van der Waals surface area contributed by atoms with Gasteiger partial charge < -0.3 is 15.3 Å². The number of sulfone groups is 1. The lowest BCUT2D eigenvalue weighted by Crippen LogP contribution is -2.42. The molecular formula is C22H29ClF3N3O3S. The van der Waals surface area contributed by atoms with Gasteiger partial charge in [0.2, 0.25) is 0 Å². The Morgan fingerprint density at radius 3 is 2.55 bits per heavy atom. The zero-order chi connectivity index (χ0) is 24.8. The van der Waals surface area contributed by atoms with E-state index in [-0.39, 0.29) is 22.8 Å². The fourth-order valence-electron chi connectivity index (χ4n) is 3.24. The van der Waals surface area contributed by atoms with Crippen molar-refractivity contribution in [2.75, 3.05) is 31.9 Å². The van der Waals surface area contributed by atoms with E-state index in [4.69, 9.17) is 11.6 Å². The van der Waals surface area contributed by atoms with Crippen LogP contribution in [-0.4, -0.2) is 62.8 Å². The predicted octanol–water partition coefficient (Wildman–Crippen LogP) is 3.40. The predicted molar refractivity (Wildman–Crippen MR) is 124 cm³/mol. The number of nitrogens with one attached hydrogen (secondary N) is 2. The topological polar surface area (TPSA) is 81.7 Å². The van der Waals surface area contributed by atoms with Crippen molar-refractivity contribution >= 4 is 21.4 Å². The molecule has 1 fully saturated rings. The summed E-state index contributed by atoms with van der Waals surface area (Å²) < 4.78 is 64.3. The molecule has 2 rings (SSSR count). The van der Waals surface area contributed by atoms with Crippen LogP contribution >= 0.6 is 11.6 Å². The van der Waals surface area contributed by atoms with Crippen molar-refractivity contribution in [1.82, 2.24) is 15.5 Å². The molecule has 1 unspecified atom stereocenters. The average molecular weight is 508 g/mol. The number of benzene rings is 1. The van der Waals surface area contributed by atoms with E-state index >= 15 is 0 Å². The molecule has 0 aromatic heterocycles. The van der Waals surface area contributed by atoms with E-state index in [2.05, 4.69) is 17.2 Å². The molecule has 6 nitrogen and oxygen atoms in total. The molecule has 0 radical (unpaired) electrons. The number of halogens is 4. The number of aliphatic hydroxyl groups is 1. The summed E-state index contributed by atoms with van der Waals surface area (Å²) in [7, 11) is -3.57. The standard InChI is InChI=1S/C22H29ClF3N3O3S/c1-4-33(31,32)20-6-5-19(23)13-18(20)14-28-21(30)17(11-15(2)22(24,25)26)12-16(3)29-9-7-27-8-10-29/h5-6,11-13,21,27-28,30H,3-4,7-10,14H2,1-2H3/b15-11+,17-12+. The Balaban J connectivity index is 2.32. The van der Waals surface area contributed by atoms with Crippen LogP contribution in [0.5, 0.6) is 0 Å². The van der Waals surface area contributed by atoms with Crippen molar-refractivity contribution in [3.8, 4) is 0 Å². The highest BCUT2D eigenvalue weighted by atomic mass is 35.5. The van der Waals surface area contributed by atoms with Gasteiger partial charge in [0.1, 0.15) is 6.23 Å². The Kier molecular flexibility index (Phi) is 9.57. The molecule has 11 heteroatoms. The molecule has 3 N–H and O–H groups in total. The summed E-state index contributed by atoms with van der Waals surface area (Å²) >= 11 is 6.01. The SMILES string of the molecule is C=C(/C=C(\C=C(/C)C(F)(F)F)C(O)NCc1cc(Cl)ccc1S(=O)(=O)CC)N1CCNCC1. The number of hydrogen-bond acceptors (Lipinski definition) is 6. The van der Waals surface area contributed by atoms with Gasteiger partial charge in [-0.05, 0) is 48.4 Å². The quantitative estimate of drug-likeness (QED) is 0.351. The van der Waals surface area contributed by atoms with Gasteiger partial charge in [-0.15, -0.1) is 0 Å². The molecule has 0 spiro atoms. The molecule has 1 aliphatic rings. The second kappa shape index (κ2) is 11.5. The van der Waals surface area contributed by atoms with E-state index in [1.165, 1.54) is 31.2 Å². The van der Waals surface area contributed by atoms with Crippen LogP contribution in [0.25, 0.3) is 0 Å².